The van der Waals surface area contributed by atoms with E-state index in [1.54, 1.807) is 23.3 Å². The number of aliphatic imine (C=N–C) groups is 1. The minimum Gasteiger partial charge on any atom is -0.465 e. The van der Waals surface area contributed by atoms with E-state index in [-0.39, 0.29) is 0 Å². The molecule has 0 saturated heterocycles. The minimum atomic E-state index is -1.06. The molecule has 18 heavy (non-hydrogen) atoms. The van der Waals surface area contributed by atoms with Crippen molar-refractivity contribution in [1.82, 2.24) is 9.55 Å². The number of aromatic nitrogens is 2. The van der Waals surface area contributed by atoms with Crippen LogP contribution in [0.1, 0.15) is 5.56 Å². The number of methoxy groups -OCH3 is 1. The van der Waals surface area contributed by atoms with E-state index >= 15 is 0 Å². The molecule has 0 saturated carbocycles. The van der Waals surface area contributed by atoms with Gasteiger partial charge in [-0.05, 0) is 0 Å². The normalized spacial score (nSPS) is 21.3. The maximum atomic E-state index is 12.0. The average molecular weight is 241 g/mol. The van der Waals surface area contributed by atoms with Gasteiger partial charge in [0.2, 0.25) is 0 Å². The van der Waals surface area contributed by atoms with Crippen LogP contribution >= 0.6 is 0 Å². The lowest BCUT2D eigenvalue weighted by Gasteiger charge is -2.14. The number of rotatable bonds is 3. The first kappa shape index (κ1) is 10.7. The first-order valence-corrected chi connectivity index (χ1v) is 5.51. The zero-order chi connectivity index (χ0) is 12.6. The summed E-state index contributed by atoms with van der Waals surface area (Å²) in [5.41, 5.74) is 0.552. The van der Waals surface area contributed by atoms with E-state index in [4.69, 9.17) is 4.74 Å². The molecule has 0 spiro atoms. The van der Waals surface area contributed by atoms with Crippen LogP contribution < -0.4 is 0 Å². The van der Waals surface area contributed by atoms with Gasteiger partial charge >= 0.3 is 5.97 Å². The van der Waals surface area contributed by atoms with E-state index in [1.165, 1.54) is 7.11 Å². The third kappa shape index (κ3) is 1.37. The van der Waals surface area contributed by atoms with Crippen molar-refractivity contribution < 1.29 is 9.53 Å². The summed E-state index contributed by atoms with van der Waals surface area (Å²) < 4.78 is 6.50. The number of hydrogen-bond acceptors (Lipinski definition) is 4. The van der Waals surface area contributed by atoms with Crippen molar-refractivity contribution in [2.24, 2.45) is 4.99 Å². The Morgan fingerprint density at radius 3 is 2.72 bits per heavy atom. The smallest absolute Gasteiger partial charge is 0.361 e. The van der Waals surface area contributed by atoms with Crippen LogP contribution in [0.5, 0.6) is 0 Å². The molecule has 0 N–H and O–H groups in total. The molecule has 5 heteroatoms. The number of esters is 1. The van der Waals surface area contributed by atoms with Gasteiger partial charge in [-0.3, -0.25) is 4.57 Å². The predicted octanol–water partition coefficient (Wildman–Crippen LogP) is 1.21. The van der Waals surface area contributed by atoms with Crippen molar-refractivity contribution in [2.45, 2.75) is 5.66 Å². The molecular weight excluding hydrogens is 230 g/mol. The summed E-state index contributed by atoms with van der Waals surface area (Å²) in [6.07, 6.45) is 4.88. The van der Waals surface area contributed by atoms with Gasteiger partial charge in [-0.25, -0.2) is 14.8 Å². The van der Waals surface area contributed by atoms with Crippen LogP contribution in [0.15, 0.2) is 54.0 Å². The lowest BCUT2D eigenvalue weighted by Crippen LogP contribution is -2.35. The fraction of sp³-hybridized carbons (Fsp3) is 0.154. The summed E-state index contributed by atoms with van der Waals surface area (Å²) >= 11 is 0. The highest BCUT2D eigenvalue weighted by atomic mass is 16.5. The first-order valence-electron chi connectivity index (χ1n) is 5.51. The van der Waals surface area contributed by atoms with Gasteiger partial charge in [0.05, 0.1) is 13.4 Å². The average Bonchev–Trinajstić information content (AvgIpc) is 2.95. The van der Waals surface area contributed by atoms with Gasteiger partial charge in [0, 0.05) is 18.0 Å². The molecule has 0 radical (unpaired) electrons. The number of carbonyl (C=O) groups excluding carboxylic acids is 1. The van der Waals surface area contributed by atoms with Crippen molar-refractivity contribution in [1.29, 1.82) is 0 Å². The Hall–Kier alpha value is -2.43. The molecule has 0 amide bonds. The summed E-state index contributed by atoms with van der Waals surface area (Å²) in [6, 6.07) is 9.57. The lowest BCUT2D eigenvalue weighted by atomic mass is 10.1. The van der Waals surface area contributed by atoms with Crippen LogP contribution in [0.25, 0.3) is 0 Å². The third-order valence-corrected chi connectivity index (χ3v) is 2.95. The zero-order valence-electron chi connectivity index (χ0n) is 9.78. The van der Waals surface area contributed by atoms with Crippen molar-refractivity contribution in [3.63, 3.8) is 0 Å². The number of nitrogens with zero attached hydrogens (tertiary/aromatic N) is 3. The molecule has 5 nitrogen and oxygen atoms in total. The van der Waals surface area contributed by atoms with Crippen molar-refractivity contribution in [3.05, 3.63) is 54.6 Å². The molecule has 0 bridgehead atoms. The highest BCUT2D eigenvalue weighted by molar-refractivity contribution is 6.26. The van der Waals surface area contributed by atoms with Gasteiger partial charge in [-0.1, -0.05) is 30.3 Å². The minimum absolute atomic E-state index is 0.403. The highest BCUT2D eigenvalue weighted by Crippen LogP contribution is 2.38. The van der Waals surface area contributed by atoms with E-state index in [0.717, 1.165) is 5.56 Å². The highest BCUT2D eigenvalue weighted by Gasteiger charge is 2.57. The third-order valence-electron chi connectivity index (χ3n) is 2.95. The van der Waals surface area contributed by atoms with Gasteiger partial charge in [-0.15, -0.1) is 0 Å². The molecule has 1 aliphatic heterocycles. The van der Waals surface area contributed by atoms with Crippen LogP contribution in [0.4, 0.5) is 0 Å². The Morgan fingerprint density at radius 2 is 2.11 bits per heavy atom. The fourth-order valence-electron chi connectivity index (χ4n) is 2.02. The lowest BCUT2D eigenvalue weighted by molar-refractivity contribution is -0.145. The largest absolute Gasteiger partial charge is 0.465 e. The molecule has 1 aliphatic rings. The second-order valence-electron chi connectivity index (χ2n) is 3.96. The van der Waals surface area contributed by atoms with Crippen molar-refractivity contribution in [3.8, 4) is 0 Å². The number of ether oxygens (including phenoxy) is 1. The summed E-state index contributed by atoms with van der Waals surface area (Å²) in [4.78, 5) is 20.3. The van der Waals surface area contributed by atoms with Gasteiger partial charge in [0.25, 0.3) is 5.66 Å². The number of benzene rings is 1. The van der Waals surface area contributed by atoms with Crippen LogP contribution in [-0.2, 0) is 15.2 Å². The monoisotopic (exact) mass is 241 g/mol. The quantitative estimate of drug-likeness (QED) is 0.759. The molecule has 1 aromatic heterocycles. The molecule has 1 aromatic carbocycles. The van der Waals surface area contributed by atoms with E-state index in [0.29, 0.717) is 5.71 Å². The molecule has 0 aliphatic carbocycles. The Kier molecular flexibility index (Phi) is 2.26. The van der Waals surface area contributed by atoms with Crippen LogP contribution in [0.2, 0.25) is 0 Å². The van der Waals surface area contributed by atoms with Gasteiger partial charge in [-0.2, -0.15) is 0 Å². The Labute approximate surface area is 104 Å². The first-order chi connectivity index (χ1) is 8.79. The van der Waals surface area contributed by atoms with Gasteiger partial charge in [0.1, 0.15) is 5.71 Å². The van der Waals surface area contributed by atoms with E-state index in [1.807, 2.05) is 30.3 Å². The summed E-state index contributed by atoms with van der Waals surface area (Å²) in [5, 5.41) is 0. The van der Waals surface area contributed by atoms with Gasteiger partial charge < -0.3 is 4.74 Å². The molecule has 1 atom stereocenters. The van der Waals surface area contributed by atoms with Crippen molar-refractivity contribution >= 4 is 11.7 Å². The Bertz CT molecular complexity index is 604. The summed E-state index contributed by atoms with van der Waals surface area (Å²) in [7, 11) is 1.36. The molecule has 0 unspecified atom stereocenters. The van der Waals surface area contributed by atoms with E-state index in [9.17, 15) is 4.79 Å². The number of imidazole rings is 1. The maximum absolute atomic E-state index is 12.0. The molecule has 2 aromatic rings. The second-order valence-corrected chi connectivity index (χ2v) is 3.96. The standard InChI is InChI=1S/C13H11N3O2/c1-18-12(17)13(16-8-7-14-9-16)11(15-13)10-5-3-2-4-6-10/h2-9H,1H3/t13-/m1/s1. The van der Waals surface area contributed by atoms with E-state index in [2.05, 4.69) is 9.98 Å². The molecule has 90 valence electrons. The molecule has 3 rings (SSSR count). The maximum Gasteiger partial charge on any atom is 0.361 e. The second kappa shape index (κ2) is 3.80. The summed E-state index contributed by atoms with van der Waals surface area (Å²) in [6.45, 7) is 0. The fourth-order valence-corrected chi connectivity index (χ4v) is 2.02. The Morgan fingerprint density at radius 1 is 1.33 bits per heavy atom. The number of hydrogen-bond donors (Lipinski definition) is 0. The SMILES string of the molecule is COC(=O)[C@@]1(n2ccnc2)N=C1c1ccccc1. The van der Waals surface area contributed by atoms with Crippen LogP contribution in [-0.4, -0.2) is 28.3 Å². The van der Waals surface area contributed by atoms with Crippen molar-refractivity contribution in [2.75, 3.05) is 7.11 Å². The van der Waals surface area contributed by atoms with E-state index < -0.39 is 11.6 Å². The Balaban J connectivity index is 2.01. The zero-order valence-corrected chi connectivity index (χ0v) is 9.78. The molecule has 2 heterocycles. The van der Waals surface area contributed by atoms with Crippen LogP contribution in [0, 0.1) is 0 Å². The topological polar surface area (TPSA) is 56.5 Å². The summed E-state index contributed by atoms with van der Waals surface area (Å²) in [5.74, 6) is -0.403. The number of carbonyl (C=O) groups is 1. The van der Waals surface area contributed by atoms with Crippen LogP contribution in [0.3, 0.4) is 0 Å². The predicted molar refractivity (Wildman–Crippen MR) is 65.2 cm³/mol. The van der Waals surface area contributed by atoms with Gasteiger partial charge in [0.15, 0.2) is 0 Å². The molecular formula is C13H11N3O2. The molecule has 0 fully saturated rings.